The summed E-state index contributed by atoms with van der Waals surface area (Å²) in [6.45, 7) is 1.81. The summed E-state index contributed by atoms with van der Waals surface area (Å²) in [5.41, 5.74) is 1.55. The molecule has 2 N–H and O–H groups in total. The zero-order chi connectivity index (χ0) is 24.9. The maximum absolute atomic E-state index is 14.8. The van der Waals surface area contributed by atoms with Gasteiger partial charge < -0.3 is 5.32 Å². The molecule has 2 atom stereocenters. The second-order valence-corrected chi connectivity index (χ2v) is 8.08. The van der Waals surface area contributed by atoms with Crippen molar-refractivity contribution < 1.29 is 26.7 Å². The number of carbonyl (C=O) groups excluding carboxylic acids is 1. The van der Waals surface area contributed by atoms with E-state index in [-0.39, 0.29) is 5.91 Å². The van der Waals surface area contributed by atoms with E-state index in [4.69, 9.17) is 0 Å². The number of alkyl halides is 3. The lowest BCUT2D eigenvalue weighted by molar-refractivity contribution is -0.137. The molecular formula is C26H25F5N2O. The molecule has 0 aliphatic carbocycles. The molecule has 0 fully saturated rings. The minimum Gasteiger partial charge on any atom is -0.358 e. The van der Waals surface area contributed by atoms with Crippen LogP contribution in [-0.2, 0) is 17.4 Å². The van der Waals surface area contributed by atoms with Gasteiger partial charge >= 0.3 is 6.18 Å². The molecule has 0 unspecified atom stereocenters. The van der Waals surface area contributed by atoms with Gasteiger partial charge in [-0.1, -0.05) is 42.0 Å². The zero-order valence-electron chi connectivity index (χ0n) is 18.7. The smallest absolute Gasteiger partial charge is 0.358 e. The normalized spacial score (nSPS) is 13.4. The Morgan fingerprint density at radius 3 is 2.18 bits per heavy atom. The van der Waals surface area contributed by atoms with Gasteiger partial charge in [-0.2, -0.15) is 13.2 Å². The van der Waals surface area contributed by atoms with Gasteiger partial charge in [0.25, 0.3) is 0 Å². The Kier molecular flexibility index (Phi) is 8.04. The zero-order valence-corrected chi connectivity index (χ0v) is 18.7. The molecule has 0 saturated carbocycles. The molecule has 34 heavy (non-hydrogen) atoms. The van der Waals surface area contributed by atoms with Crippen molar-refractivity contribution in [1.29, 1.82) is 0 Å². The first-order chi connectivity index (χ1) is 16.1. The number of benzene rings is 3. The van der Waals surface area contributed by atoms with Crippen molar-refractivity contribution in [2.75, 3.05) is 7.05 Å². The van der Waals surface area contributed by atoms with Crippen LogP contribution >= 0.6 is 0 Å². The van der Waals surface area contributed by atoms with Crippen LogP contribution in [0.15, 0.2) is 66.7 Å². The third kappa shape index (κ3) is 6.41. The number of nitrogens with one attached hydrogen (secondary N) is 2. The summed E-state index contributed by atoms with van der Waals surface area (Å²) in [5, 5.41) is 5.74. The van der Waals surface area contributed by atoms with Crippen LogP contribution in [0.2, 0.25) is 0 Å². The van der Waals surface area contributed by atoms with Gasteiger partial charge in [-0.3, -0.25) is 10.1 Å². The monoisotopic (exact) mass is 476 g/mol. The molecule has 0 aliphatic heterocycles. The SMILES string of the molecule is CNC(=O)[C@@H](N[C@@H](CCc1ccc(C(F)(F)F)cc1)c1cc(C)ccc1F)c1ccc(F)cc1. The summed E-state index contributed by atoms with van der Waals surface area (Å²) in [6, 6.07) is 13.3. The van der Waals surface area contributed by atoms with Crippen molar-refractivity contribution in [2.24, 2.45) is 0 Å². The first-order valence-electron chi connectivity index (χ1n) is 10.7. The second-order valence-electron chi connectivity index (χ2n) is 8.08. The van der Waals surface area contributed by atoms with Gasteiger partial charge in [0, 0.05) is 18.7 Å². The predicted octanol–water partition coefficient (Wildman–Crippen LogP) is 6.04. The molecule has 0 spiro atoms. The van der Waals surface area contributed by atoms with Crippen LogP contribution in [0.5, 0.6) is 0 Å². The molecule has 3 aromatic rings. The van der Waals surface area contributed by atoms with Gasteiger partial charge in [0.15, 0.2) is 0 Å². The Morgan fingerprint density at radius 2 is 1.59 bits per heavy atom. The summed E-state index contributed by atoms with van der Waals surface area (Å²) in [5.74, 6) is -1.31. The summed E-state index contributed by atoms with van der Waals surface area (Å²) in [7, 11) is 1.46. The average molecular weight is 476 g/mol. The molecule has 0 radical (unpaired) electrons. The lowest BCUT2D eigenvalue weighted by atomic mass is 9.94. The van der Waals surface area contributed by atoms with Gasteiger partial charge in [-0.25, -0.2) is 8.78 Å². The first kappa shape index (κ1) is 25.4. The first-order valence-corrected chi connectivity index (χ1v) is 10.7. The number of hydrogen-bond acceptors (Lipinski definition) is 2. The van der Waals surface area contributed by atoms with Gasteiger partial charge in [-0.15, -0.1) is 0 Å². The maximum atomic E-state index is 14.8. The Morgan fingerprint density at radius 1 is 0.941 bits per heavy atom. The quantitative estimate of drug-likeness (QED) is 0.389. The third-order valence-electron chi connectivity index (χ3n) is 5.61. The fourth-order valence-electron chi connectivity index (χ4n) is 3.75. The Hall–Kier alpha value is -3.26. The van der Waals surface area contributed by atoms with E-state index in [0.717, 1.165) is 17.7 Å². The van der Waals surface area contributed by atoms with Crippen molar-refractivity contribution in [3.8, 4) is 0 Å². The largest absolute Gasteiger partial charge is 0.416 e. The van der Waals surface area contributed by atoms with E-state index in [2.05, 4.69) is 10.6 Å². The second kappa shape index (κ2) is 10.8. The highest BCUT2D eigenvalue weighted by Crippen LogP contribution is 2.31. The Labute approximate surface area is 195 Å². The highest BCUT2D eigenvalue weighted by molar-refractivity contribution is 5.83. The summed E-state index contributed by atoms with van der Waals surface area (Å²) in [4.78, 5) is 12.7. The molecule has 3 rings (SSSR count). The van der Waals surface area contributed by atoms with Crippen molar-refractivity contribution in [3.63, 3.8) is 0 Å². The van der Waals surface area contributed by atoms with E-state index in [0.29, 0.717) is 29.5 Å². The molecular weight excluding hydrogens is 451 g/mol. The van der Waals surface area contributed by atoms with E-state index < -0.39 is 35.5 Å². The number of hydrogen-bond donors (Lipinski definition) is 2. The van der Waals surface area contributed by atoms with E-state index in [9.17, 15) is 26.7 Å². The van der Waals surface area contributed by atoms with E-state index in [1.165, 1.54) is 49.5 Å². The topological polar surface area (TPSA) is 41.1 Å². The number of amides is 1. The van der Waals surface area contributed by atoms with Gasteiger partial charge in [0.1, 0.15) is 17.7 Å². The molecule has 0 aliphatic rings. The Bertz CT molecular complexity index is 1110. The number of aryl methyl sites for hydroxylation is 2. The predicted molar refractivity (Wildman–Crippen MR) is 120 cm³/mol. The highest BCUT2D eigenvalue weighted by Gasteiger charge is 2.30. The van der Waals surface area contributed by atoms with Crippen LogP contribution in [0.25, 0.3) is 0 Å². The van der Waals surface area contributed by atoms with Gasteiger partial charge in [-0.05, 0) is 61.2 Å². The fourth-order valence-corrected chi connectivity index (χ4v) is 3.75. The summed E-state index contributed by atoms with van der Waals surface area (Å²) >= 11 is 0. The van der Waals surface area contributed by atoms with Crippen molar-refractivity contribution in [2.45, 2.75) is 38.0 Å². The van der Waals surface area contributed by atoms with Crippen molar-refractivity contribution in [3.05, 3.63) is 106 Å². The molecule has 3 nitrogen and oxygen atoms in total. The van der Waals surface area contributed by atoms with Crippen LogP contribution in [0.3, 0.4) is 0 Å². The third-order valence-corrected chi connectivity index (χ3v) is 5.61. The van der Waals surface area contributed by atoms with Gasteiger partial charge in [0.2, 0.25) is 5.91 Å². The van der Waals surface area contributed by atoms with Crippen molar-refractivity contribution >= 4 is 5.91 Å². The van der Waals surface area contributed by atoms with Crippen LogP contribution in [0.4, 0.5) is 22.0 Å². The van der Waals surface area contributed by atoms with Crippen LogP contribution in [0.1, 0.15) is 46.3 Å². The van der Waals surface area contributed by atoms with Crippen LogP contribution < -0.4 is 10.6 Å². The lowest BCUT2D eigenvalue weighted by Crippen LogP contribution is -2.38. The molecule has 180 valence electrons. The molecule has 8 heteroatoms. The fraction of sp³-hybridized carbons (Fsp3) is 0.269. The number of halogens is 5. The van der Waals surface area contributed by atoms with Crippen LogP contribution in [-0.4, -0.2) is 13.0 Å². The average Bonchev–Trinajstić information content (AvgIpc) is 2.81. The molecule has 0 aromatic heterocycles. The lowest BCUT2D eigenvalue weighted by Gasteiger charge is -2.26. The van der Waals surface area contributed by atoms with Crippen LogP contribution in [0, 0.1) is 18.6 Å². The molecule has 0 saturated heterocycles. The standard InChI is InChI=1S/C26H25F5N2O/c1-16-3-13-22(28)21(15-16)23(14-6-17-4-9-19(10-5-17)26(29,30)31)33-24(25(34)32-2)18-7-11-20(27)12-8-18/h3-5,7-13,15,23-24,33H,6,14H2,1-2H3,(H,32,34)/t23-,24-/m0/s1. The molecule has 3 aromatic carbocycles. The summed E-state index contributed by atoms with van der Waals surface area (Å²) in [6.07, 6.45) is -3.78. The minimum absolute atomic E-state index is 0.306. The number of rotatable bonds is 8. The number of carbonyl (C=O) groups is 1. The highest BCUT2D eigenvalue weighted by atomic mass is 19.4. The van der Waals surface area contributed by atoms with E-state index in [1.54, 1.807) is 12.1 Å². The molecule has 0 bridgehead atoms. The van der Waals surface area contributed by atoms with Crippen molar-refractivity contribution in [1.82, 2.24) is 10.6 Å². The minimum atomic E-state index is -4.43. The number of likely N-dealkylation sites (N-methyl/N-ethyl adjacent to an activating group) is 1. The van der Waals surface area contributed by atoms with E-state index >= 15 is 0 Å². The maximum Gasteiger partial charge on any atom is 0.416 e. The van der Waals surface area contributed by atoms with E-state index in [1.807, 2.05) is 6.92 Å². The van der Waals surface area contributed by atoms with Gasteiger partial charge in [0.05, 0.1) is 5.56 Å². The molecule has 0 heterocycles. The summed E-state index contributed by atoms with van der Waals surface area (Å²) < 4.78 is 66.8. The molecule has 1 amide bonds. The Balaban J connectivity index is 1.90.